The van der Waals surface area contributed by atoms with Crippen molar-refractivity contribution in [2.45, 2.75) is 93.4 Å². The summed E-state index contributed by atoms with van der Waals surface area (Å²) >= 11 is 0. The van der Waals surface area contributed by atoms with Crippen LogP contribution in [0.5, 0.6) is 0 Å². The van der Waals surface area contributed by atoms with E-state index >= 15 is 0 Å². The van der Waals surface area contributed by atoms with Crippen LogP contribution < -0.4 is 0 Å². The van der Waals surface area contributed by atoms with Gasteiger partial charge >= 0.3 is 5.97 Å². The molecule has 3 unspecified atom stereocenters. The second-order valence-corrected chi connectivity index (χ2v) is 14.2. The van der Waals surface area contributed by atoms with Crippen LogP contribution in [0.1, 0.15) is 93.4 Å². The van der Waals surface area contributed by atoms with E-state index in [4.69, 9.17) is 0 Å². The number of fused-ring (bicyclic) bond motifs is 7. The average molecular weight is 478 g/mol. The summed E-state index contributed by atoms with van der Waals surface area (Å²) < 4.78 is 0. The number of Topliss-reactive ketones (excluding diaryl/α,β-unsaturated/α-hetero) is 1. The van der Waals surface area contributed by atoms with Gasteiger partial charge in [-0.25, -0.2) is 0 Å². The Hall–Kier alpha value is -1.89. The lowest BCUT2D eigenvalue weighted by Crippen LogP contribution is -2.64. The number of hydrogen-bond acceptors (Lipinski definition) is 3. The molecule has 190 valence electrons. The number of aliphatic carboxylic acids is 1. The van der Waals surface area contributed by atoms with E-state index in [1.54, 1.807) is 0 Å². The summed E-state index contributed by atoms with van der Waals surface area (Å²) in [5.74, 6) is 0.924. The lowest BCUT2D eigenvalue weighted by molar-refractivity contribution is -0.176. The third kappa shape index (κ3) is 2.79. The summed E-state index contributed by atoms with van der Waals surface area (Å²) in [5, 5.41) is 20.4. The lowest BCUT2D eigenvalue weighted by Gasteiger charge is -2.70. The van der Waals surface area contributed by atoms with Gasteiger partial charge in [0.05, 0.1) is 11.0 Å². The minimum atomic E-state index is -0.630. The third-order valence-electron chi connectivity index (χ3n) is 12.9. The van der Waals surface area contributed by atoms with Gasteiger partial charge in [0, 0.05) is 5.41 Å². The van der Waals surface area contributed by atoms with Crippen LogP contribution >= 0.6 is 0 Å². The van der Waals surface area contributed by atoms with E-state index in [9.17, 15) is 20.0 Å². The van der Waals surface area contributed by atoms with E-state index in [-0.39, 0.29) is 33.9 Å². The first-order valence-electron chi connectivity index (χ1n) is 13.8. The van der Waals surface area contributed by atoms with Crippen molar-refractivity contribution in [2.75, 3.05) is 0 Å². The number of carboxylic acid groups (broad SMARTS) is 1. The Labute approximate surface area is 211 Å². The smallest absolute Gasteiger partial charge is 0.310 e. The Morgan fingerprint density at radius 1 is 1.03 bits per heavy atom. The van der Waals surface area contributed by atoms with Crippen LogP contribution in [0, 0.1) is 68.0 Å². The van der Waals surface area contributed by atoms with Crippen molar-refractivity contribution in [2.24, 2.45) is 56.7 Å². The van der Waals surface area contributed by atoms with Gasteiger partial charge in [-0.3, -0.25) is 9.59 Å². The number of rotatable bonds is 1. The van der Waals surface area contributed by atoms with Crippen LogP contribution in [-0.4, -0.2) is 16.9 Å². The minimum absolute atomic E-state index is 0.000928. The predicted molar refractivity (Wildman–Crippen MR) is 136 cm³/mol. The van der Waals surface area contributed by atoms with Crippen molar-refractivity contribution < 1.29 is 14.7 Å². The Kier molecular flexibility index (Phi) is 5.19. The molecular weight excluding hydrogens is 434 g/mol. The van der Waals surface area contributed by atoms with Crippen molar-refractivity contribution in [1.82, 2.24) is 0 Å². The lowest BCUT2D eigenvalue weighted by atomic mass is 9.34. The molecule has 35 heavy (non-hydrogen) atoms. The summed E-state index contributed by atoms with van der Waals surface area (Å²) in [6, 6.07) is 2.24. The van der Waals surface area contributed by atoms with Crippen molar-refractivity contribution >= 4 is 11.8 Å². The van der Waals surface area contributed by atoms with Crippen LogP contribution in [0.25, 0.3) is 0 Å². The van der Waals surface area contributed by atoms with Gasteiger partial charge in [-0.15, -0.1) is 0 Å². The maximum atomic E-state index is 13.2. The molecule has 4 nitrogen and oxygen atoms in total. The average Bonchev–Trinajstić information content (AvgIpc) is 2.79. The van der Waals surface area contributed by atoms with E-state index < -0.39 is 16.8 Å². The molecule has 0 aromatic rings. The van der Waals surface area contributed by atoms with Gasteiger partial charge in [-0.05, 0) is 90.8 Å². The summed E-state index contributed by atoms with van der Waals surface area (Å²) in [6.45, 7) is 15.9. The quantitative estimate of drug-likeness (QED) is 0.414. The zero-order valence-electron chi connectivity index (χ0n) is 22.7. The predicted octanol–water partition coefficient (Wildman–Crippen LogP) is 6.97. The molecule has 0 spiro atoms. The maximum absolute atomic E-state index is 13.2. The zero-order chi connectivity index (χ0) is 25.8. The van der Waals surface area contributed by atoms with Crippen molar-refractivity contribution in [3.8, 4) is 6.07 Å². The summed E-state index contributed by atoms with van der Waals surface area (Å²) in [4.78, 5) is 26.0. The molecule has 1 N–H and O–H groups in total. The molecular formula is C31H43NO3. The molecule has 5 aliphatic carbocycles. The molecule has 3 fully saturated rings. The molecule has 4 heteroatoms. The van der Waals surface area contributed by atoms with Crippen molar-refractivity contribution in [3.05, 3.63) is 23.3 Å². The Morgan fingerprint density at radius 3 is 2.34 bits per heavy atom. The van der Waals surface area contributed by atoms with Gasteiger partial charge in [0.15, 0.2) is 5.78 Å². The van der Waals surface area contributed by atoms with Crippen LogP contribution in [-0.2, 0) is 9.59 Å². The van der Waals surface area contributed by atoms with Gasteiger partial charge in [0.2, 0.25) is 0 Å². The van der Waals surface area contributed by atoms with Crippen LogP contribution in [0.15, 0.2) is 23.3 Å². The molecule has 0 aromatic carbocycles. The third-order valence-corrected chi connectivity index (χ3v) is 12.9. The molecule has 0 radical (unpaired) electrons. The molecule has 0 aliphatic heterocycles. The Morgan fingerprint density at radius 2 is 1.71 bits per heavy atom. The first-order valence-corrected chi connectivity index (χ1v) is 13.8. The highest BCUT2D eigenvalue weighted by Gasteiger charge is 2.69. The fraction of sp³-hybridized carbons (Fsp3) is 0.774. The fourth-order valence-corrected chi connectivity index (χ4v) is 10.5. The fourth-order valence-electron chi connectivity index (χ4n) is 10.5. The SMILES string of the molecule is C[C@@H]1CC[C@]2(C(=O)O)CC[C@]3(C)C(=CCC4[C@@]5(C)C=C(C#N)C(=O)C(C)(C)C5CC[C@]43C)C2[C@H]1C. The molecule has 5 aliphatic rings. The number of allylic oxidation sites excluding steroid dienone is 4. The van der Waals surface area contributed by atoms with Gasteiger partial charge in [0.25, 0.3) is 0 Å². The van der Waals surface area contributed by atoms with E-state index in [0.717, 1.165) is 44.9 Å². The molecule has 9 atom stereocenters. The van der Waals surface area contributed by atoms with Crippen LogP contribution in [0.2, 0.25) is 0 Å². The molecule has 0 amide bonds. The van der Waals surface area contributed by atoms with Gasteiger partial charge < -0.3 is 5.11 Å². The molecule has 0 saturated heterocycles. The topological polar surface area (TPSA) is 78.2 Å². The molecule has 3 saturated carbocycles. The minimum Gasteiger partial charge on any atom is -0.481 e. The molecule has 0 heterocycles. The normalized spacial score (nSPS) is 50.3. The molecule has 0 aromatic heterocycles. The van der Waals surface area contributed by atoms with Gasteiger partial charge in [-0.2, -0.15) is 5.26 Å². The highest BCUT2D eigenvalue weighted by molar-refractivity contribution is 6.04. The maximum Gasteiger partial charge on any atom is 0.310 e. The van der Waals surface area contributed by atoms with Crippen LogP contribution in [0.4, 0.5) is 0 Å². The Bertz CT molecular complexity index is 1090. The Balaban J connectivity index is 1.67. The van der Waals surface area contributed by atoms with Crippen molar-refractivity contribution in [1.29, 1.82) is 5.26 Å². The summed E-state index contributed by atoms with van der Waals surface area (Å²) in [5.41, 5.74) is 0.288. The van der Waals surface area contributed by atoms with E-state index in [0.29, 0.717) is 23.3 Å². The van der Waals surface area contributed by atoms with E-state index in [1.807, 2.05) is 19.9 Å². The molecule has 0 bridgehead atoms. The highest BCUT2D eigenvalue weighted by atomic mass is 16.4. The number of hydrogen-bond donors (Lipinski definition) is 1. The monoisotopic (exact) mass is 477 g/mol. The second-order valence-electron chi connectivity index (χ2n) is 14.2. The number of carbonyl (C=O) groups excluding carboxylic acids is 1. The summed E-state index contributed by atoms with van der Waals surface area (Å²) in [6.07, 6.45) is 10.9. The van der Waals surface area contributed by atoms with Crippen molar-refractivity contribution in [3.63, 3.8) is 0 Å². The molecule has 5 rings (SSSR count). The largest absolute Gasteiger partial charge is 0.481 e. The summed E-state index contributed by atoms with van der Waals surface area (Å²) in [7, 11) is 0. The highest BCUT2D eigenvalue weighted by Crippen LogP contribution is 2.75. The number of nitrogens with zero attached hydrogens (tertiary/aromatic N) is 1. The number of carboxylic acids is 1. The second kappa shape index (κ2) is 7.33. The van der Waals surface area contributed by atoms with E-state index in [2.05, 4.69) is 46.8 Å². The first-order chi connectivity index (χ1) is 16.2. The van der Waals surface area contributed by atoms with Crippen LogP contribution in [0.3, 0.4) is 0 Å². The number of ketones is 1. The first kappa shape index (κ1) is 24.8. The van der Waals surface area contributed by atoms with Gasteiger partial charge in [-0.1, -0.05) is 66.2 Å². The number of carbonyl (C=O) groups is 2. The zero-order valence-corrected chi connectivity index (χ0v) is 22.7. The number of nitriles is 1. The standard InChI is InChI=1S/C31H43NO3/c1-18-10-13-31(26(34)35)15-14-29(6)21(24(31)19(18)2)8-9-23-28(5)16-20(17-32)25(33)27(3,4)22(28)11-12-30(23,29)7/h8,16,18-19,22-24H,9-15H2,1-7H3,(H,34,35)/t18-,19+,22?,23?,24?,28+,29-,30-,31+/m1/s1. The van der Waals surface area contributed by atoms with E-state index in [1.165, 1.54) is 5.57 Å². The van der Waals surface area contributed by atoms with Gasteiger partial charge in [0.1, 0.15) is 6.07 Å².